The van der Waals surface area contributed by atoms with Crippen molar-refractivity contribution in [2.45, 2.75) is 13.5 Å². The van der Waals surface area contributed by atoms with Gasteiger partial charge in [0.05, 0.1) is 33.0 Å². The van der Waals surface area contributed by atoms with Gasteiger partial charge < -0.3 is 19.5 Å². The summed E-state index contributed by atoms with van der Waals surface area (Å²) < 4.78 is 17.3. The Morgan fingerprint density at radius 1 is 1.12 bits per heavy atom. The third-order valence-electron chi connectivity index (χ3n) is 5.77. The summed E-state index contributed by atoms with van der Waals surface area (Å²) in [7, 11) is 1.47. The summed E-state index contributed by atoms with van der Waals surface area (Å²) in [5, 5.41) is 13.2. The second-order valence-corrected chi connectivity index (χ2v) is 10.9. The average molecular weight is 677 g/mol. The minimum Gasteiger partial charge on any atom is -0.495 e. The lowest BCUT2D eigenvalue weighted by molar-refractivity contribution is -0.384. The van der Waals surface area contributed by atoms with Crippen molar-refractivity contribution < 1.29 is 33.5 Å². The molecule has 3 amide bonds. The molecule has 4 rings (SSSR count). The molecule has 14 heteroatoms. The van der Waals surface area contributed by atoms with E-state index >= 15 is 0 Å². The quantitative estimate of drug-likeness (QED) is 0.134. The van der Waals surface area contributed by atoms with E-state index in [1.54, 1.807) is 43.3 Å². The predicted octanol–water partition coefficient (Wildman–Crippen LogP) is 6.67. The Hall–Kier alpha value is -4.07. The Bertz CT molecular complexity index is 1580. The first-order valence-corrected chi connectivity index (χ1v) is 14.3. The van der Waals surface area contributed by atoms with Crippen LogP contribution in [0.15, 0.2) is 64.0 Å². The summed E-state index contributed by atoms with van der Waals surface area (Å²) in [6.07, 6.45) is 1.53. The van der Waals surface area contributed by atoms with Crippen molar-refractivity contribution in [3.8, 4) is 17.2 Å². The lowest BCUT2D eigenvalue weighted by Gasteiger charge is -2.15. The number of hydrogen-bond donors (Lipinski definition) is 1. The van der Waals surface area contributed by atoms with Gasteiger partial charge in [0, 0.05) is 17.8 Å². The number of anilines is 1. The number of halogens is 2. The fraction of sp³-hybridized carbons (Fsp3) is 0.179. The van der Waals surface area contributed by atoms with Gasteiger partial charge >= 0.3 is 0 Å². The summed E-state index contributed by atoms with van der Waals surface area (Å²) in [5.41, 5.74) is 1.63. The van der Waals surface area contributed by atoms with Gasteiger partial charge in [0.15, 0.2) is 11.5 Å². The summed E-state index contributed by atoms with van der Waals surface area (Å²) in [6, 6.07) is 14.0. The van der Waals surface area contributed by atoms with Crippen molar-refractivity contribution in [1.82, 2.24) is 4.90 Å². The SMILES string of the molecule is CCOc1cc(/C=C2/SC(=O)N(CC(=O)Nc3ccc(OC)c(Cl)c3)C2=O)cc(Br)c1OCc1ccc([N+](=O)[O-])cc1. The van der Waals surface area contributed by atoms with Gasteiger partial charge in [-0.15, -0.1) is 0 Å². The lowest BCUT2D eigenvalue weighted by Crippen LogP contribution is -2.36. The van der Waals surface area contributed by atoms with E-state index in [4.69, 9.17) is 25.8 Å². The molecule has 0 aromatic heterocycles. The summed E-state index contributed by atoms with van der Waals surface area (Å²) in [5.74, 6) is 0.0395. The number of hydrogen-bond acceptors (Lipinski definition) is 9. The maximum Gasteiger partial charge on any atom is 0.294 e. The minimum absolute atomic E-state index is 0.0218. The van der Waals surface area contributed by atoms with E-state index < -0.39 is 28.5 Å². The van der Waals surface area contributed by atoms with E-state index in [0.29, 0.717) is 50.2 Å². The molecule has 1 N–H and O–H groups in total. The number of nitro groups is 1. The number of benzene rings is 3. The minimum atomic E-state index is -0.611. The van der Waals surface area contributed by atoms with Crippen LogP contribution in [0, 0.1) is 10.1 Å². The Kier molecular flexibility index (Phi) is 10.1. The molecule has 0 aliphatic carbocycles. The van der Waals surface area contributed by atoms with Gasteiger partial charge in [-0.2, -0.15) is 0 Å². The normalized spacial score (nSPS) is 13.8. The largest absolute Gasteiger partial charge is 0.495 e. The average Bonchev–Trinajstić information content (AvgIpc) is 3.20. The highest BCUT2D eigenvalue weighted by Crippen LogP contribution is 2.40. The van der Waals surface area contributed by atoms with Crippen molar-refractivity contribution in [3.63, 3.8) is 0 Å². The van der Waals surface area contributed by atoms with Crippen LogP contribution in [0.5, 0.6) is 17.2 Å². The summed E-state index contributed by atoms with van der Waals surface area (Å²) in [6.45, 7) is 1.78. The van der Waals surface area contributed by atoms with Crippen LogP contribution in [0.3, 0.4) is 0 Å². The lowest BCUT2D eigenvalue weighted by atomic mass is 10.1. The molecule has 1 saturated heterocycles. The van der Waals surface area contributed by atoms with E-state index in [2.05, 4.69) is 21.2 Å². The maximum absolute atomic E-state index is 13.0. The number of methoxy groups -OCH3 is 1. The first-order chi connectivity index (χ1) is 20.1. The standard InChI is InChI=1S/C28H23BrClN3O8S/c1-3-40-23-11-17(10-20(29)26(23)41-15-16-4-7-19(8-5-16)33(37)38)12-24-27(35)32(28(36)42-24)14-25(34)31-18-6-9-22(39-2)21(30)13-18/h4-13H,3,14-15H2,1-2H3,(H,31,34)/b24-12+. The Morgan fingerprint density at radius 2 is 1.86 bits per heavy atom. The highest BCUT2D eigenvalue weighted by molar-refractivity contribution is 9.10. The van der Waals surface area contributed by atoms with E-state index in [9.17, 15) is 24.5 Å². The van der Waals surface area contributed by atoms with E-state index in [-0.39, 0.29) is 17.2 Å². The zero-order valence-electron chi connectivity index (χ0n) is 22.2. The van der Waals surface area contributed by atoms with Crippen LogP contribution in [-0.2, 0) is 16.2 Å². The van der Waals surface area contributed by atoms with E-state index in [1.807, 2.05) is 0 Å². The van der Waals surface area contributed by atoms with Gasteiger partial charge in [0.2, 0.25) is 5.91 Å². The molecule has 1 aliphatic rings. The number of amides is 3. The van der Waals surface area contributed by atoms with Gasteiger partial charge in [-0.1, -0.05) is 11.6 Å². The number of imide groups is 1. The number of thioether (sulfide) groups is 1. The smallest absolute Gasteiger partial charge is 0.294 e. The number of carbonyl (C=O) groups is 3. The van der Waals surface area contributed by atoms with Crippen LogP contribution < -0.4 is 19.5 Å². The molecule has 0 saturated carbocycles. The fourth-order valence-electron chi connectivity index (χ4n) is 3.82. The van der Waals surface area contributed by atoms with Gasteiger partial charge in [-0.05, 0) is 94.3 Å². The first-order valence-electron chi connectivity index (χ1n) is 12.3. The number of nitrogens with zero attached hydrogens (tertiary/aromatic N) is 2. The molecule has 218 valence electrons. The molecule has 0 spiro atoms. The zero-order chi connectivity index (χ0) is 30.4. The second-order valence-electron chi connectivity index (χ2n) is 8.64. The number of nitro benzene ring substituents is 1. The number of ether oxygens (including phenoxy) is 3. The molecule has 11 nitrogen and oxygen atoms in total. The van der Waals surface area contributed by atoms with Crippen molar-refractivity contribution in [1.29, 1.82) is 0 Å². The Morgan fingerprint density at radius 3 is 2.50 bits per heavy atom. The molecule has 3 aromatic rings. The molecule has 0 atom stereocenters. The predicted molar refractivity (Wildman–Crippen MR) is 162 cm³/mol. The van der Waals surface area contributed by atoms with Gasteiger partial charge in [-0.3, -0.25) is 29.4 Å². The van der Waals surface area contributed by atoms with Crippen LogP contribution in [-0.4, -0.2) is 47.1 Å². The van der Waals surface area contributed by atoms with E-state index in [0.717, 1.165) is 16.7 Å². The molecule has 1 heterocycles. The monoisotopic (exact) mass is 675 g/mol. The number of nitrogens with one attached hydrogen (secondary N) is 1. The molecule has 1 fully saturated rings. The topological polar surface area (TPSA) is 137 Å². The number of non-ortho nitro benzene ring substituents is 1. The van der Waals surface area contributed by atoms with Crippen LogP contribution in [0.25, 0.3) is 6.08 Å². The molecule has 1 aliphatic heterocycles. The van der Waals surface area contributed by atoms with Crippen molar-refractivity contribution in [2.24, 2.45) is 0 Å². The summed E-state index contributed by atoms with van der Waals surface area (Å²) >= 11 is 10.3. The molecule has 0 bridgehead atoms. The highest BCUT2D eigenvalue weighted by atomic mass is 79.9. The molecular weight excluding hydrogens is 654 g/mol. The number of rotatable bonds is 11. The molecule has 0 unspecified atom stereocenters. The van der Waals surface area contributed by atoms with Crippen molar-refractivity contribution in [3.05, 3.63) is 90.2 Å². The molecular formula is C28H23BrClN3O8S. The molecule has 3 aromatic carbocycles. The molecule has 0 radical (unpaired) electrons. The third-order valence-corrected chi connectivity index (χ3v) is 7.56. The number of carbonyl (C=O) groups excluding carboxylic acids is 3. The van der Waals surface area contributed by atoms with Crippen LogP contribution in [0.4, 0.5) is 16.2 Å². The van der Waals surface area contributed by atoms with E-state index in [1.165, 1.54) is 31.4 Å². The summed E-state index contributed by atoms with van der Waals surface area (Å²) in [4.78, 5) is 49.6. The van der Waals surface area contributed by atoms with Crippen LogP contribution in [0.2, 0.25) is 5.02 Å². The first kappa shape index (κ1) is 30.9. The maximum atomic E-state index is 13.0. The van der Waals surface area contributed by atoms with Gasteiger partial charge in [0.25, 0.3) is 16.8 Å². The zero-order valence-corrected chi connectivity index (χ0v) is 25.4. The van der Waals surface area contributed by atoms with Crippen LogP contribution >= 0.6 is 39.3 Å². The highest BCUT2D eigenvalue weighted by Gasteiger charge is 2.36. The molecule has 42 heavy (non-hydrogen) atoms. The van der Waals surface area contributed by atoms with Gasteiger partial charge in [0.1, 0.15) is 18.9 Å². The third kappa shape index (κ3) is 7.41. The Balaban J connectivity index is 1.46. The fourth-order valence-corrected chi connectivity index (χ4v) is 5.49. The second kappa shape index (κ2) is 13.7. The van der Waals surface area contributed by atoms with Crippen molar-refractivity contribution in [2.75, 3.05) is 25.6 Å². The van der Waals surface area contributed by atoms with Crippen molar-refractivity contribution >= 4 is 73.8 Å². The van der Waals surface area contributed by atoms with Crippen LogP contribution in [0.1, 0.15) is 18.1 Å². The Labute approximate surface area is 258 Å². The van der Waals surface area contributed by atoms with Gasteiger partial charge in [-0.25, -0.2) is 0 Å².